The van der Waals surface area contributed by atoms with Crippen molar-refractivity contribution < 1.29 is 9.59 Å². The van der Waals surface area contributed by atoms with Crippen molar-refractivity contribution in [3.05, 3.63) is 57.0 Å². The van der Waals surface area contributed by atoms with Crippen LogP contribution in [0.5, 0.6) is 0 Å². The topological polar surface area (TPSA) is 105 Å². The largest absolute Gasteiger partial charge is 0.324 e. The third-order valence-corrected chi connectivity index (χ3v) is 4.01. The van der Waals surface area contributed by atoms with E-state index in [1.165, 1.54) is 6.92 Å². The van der Waals surface area contributed by atoms with Crippen molar-refractivity contribution >= 4 is 17.4 Å². The van der Waals surface area contributed by atoms with Gasteiger partial charge >= 0.3 is 0 Å². The Balaban J connectivity index is 2.35. The molecule has 7 nitrogen and oxygen atoms in total. The van der Waals surface area contributed by atoms with E-state index in [1.807, 2.05) is 19.9 Å². The number of aromatic nitrogens is 2. The number of aryl methyl sites for hydroxylation is 1. The van der Waals surface area contributed by atoms with E-state index in [0.29, 0.717) is 35.3 Å². The Morgan fingerprint density at radius 2 is 1.92 bits per heavy atom. The summed E-state index contributed by atoms with van der Waals surface area (Å²) in [5, 5.41) is 16.2. The number of anilines is 1. The van der Waals surface area contributed by atoms with Crippen LogP contribution in [0.2, 0.25) is 0 Å². The number of hydrogen-bond acceptors (Lipinski definition) is 5. The maximum atomic E-state index is 12.5. The van der Waals surface area contributed by atoms with Crippen LogP contribution in [0.4, 0.5) is 5.69 Å². The lowest BCUT2D eigenvalue weighted by Crippen LogP contribution is -2.33. The van der Waals surface area contributed by atoms with Gasteiger partial charge in [0.2, 0.25) is 5.91 Å². The Bertz CT molecular complexity index is 954. The van der Waals surface area contributed by atoms with Crippen LogP contribution in [0.3, 0.4) is 0 Å². The van der Waals surface area contributed by atoms with Crippen LogP contribution in [-0.4, -0.2) is 21.5 Å². The van der Waals surface area contributed by atoms with Gasteiger partial charge in [-0.05, 0) is 37.5 Å². The summed E-state index contributed by atoms with van der Waals surface area (Å²) in [7, 11) is 0. The molecule has 1 aromatic carbocycles. The molecule has 7 heteroatoms. The molecule has 134 valence electrons. The Labute approximate surface area is 151 Å². The van der Waals surface area contributed by atoms with Crippen LogP contribution in [0.15, 0.2) is 29.1 Å². The molecule has 2 aromatic rings. The van der Waals surface area contributed by atoms with Crippen LogP contribution < -0.4 is 10.9 Å². The summed E-state index contributed by atoms with van der Waals surface area (Å²) in [6, 6.07) is 8.56. The first kappa shape index (κ1) is 19.1. The van der Waals surface area contributed by atoms with Crippen molar-refractivity contribution in [3.8, 4) is 6.07 Å². The maximum Gasteiger partial charge on any atom is 0.285 e. The van der Waals surface area contributed by atoms with Crippen LogP contribution in [-0.2, 0) is 24.2 Å². The van der Waals surface area contributed by atoms with Gasteiger partial charge in [-0.2, -0.15) is 10.4 Å². The highest BCUT2D eigenvalue weighted by molar-refractivity contribution is 6.03. The molecule has 1 N–H and O–H groups in total. The Morgan fingerprint density at radius 1 is 1.23 bits per heavy atom. The van der Waals surface area contributed by atoms with Crippen molar-refractivity contribution in [1.29, 1.82) is 5.26 Å². The second-order valence-electron chi connectivity index (χ2n) is 5.73. The predicted octanol–water partition coefficient (Wildman–Crippen LogP) is 2.08. The number of para-hydroxylation sites is 1. The minimum absolute atomic E-state index is 0.0243. The van der Waals surface area contributed by atoms with Crippen LogP contribution in [0.1, 0.15) is 48.0 Å². The highest BCUT2D eigenvalue weighted by Crippen LogP contribution is 2.15. The van der Waals surface area contributed by atoms with Gasteiger partial charge in [0, 0.05) is 5.56 Å². The van der Waals surface area contributed by atoms with E-state index >= 15 is 0 Å². The Morgan fingerprint density at radius 3 is 2.50 bits per heavy atom. The molecule has 0 fully saturated rings. The second kappa shape index (κ2) is 8.21. The lowest BCUT2D eigenvalue weighted by atomic mass is 10.0. The summed E-state index contributed by atoms with van der Waals surface area (Å²) in [5.74, 6) is -0.674. The molecule has 0 atom stereocenters. The number of ketones is 1. The molecule has 0 radical (unpaired) electrons. The molecule has 0 bridgehead atoms. The van der Waals surface area contributed by atoms with Crippen LogP contribution >= 0.6 is 0 Å². The molecule has 26 heavy (non-hydrogen) atoms. The molecule has 0 aliphatic heterocycles. The fourth-order valence-electron chi connectivity index (χ4n) is 2.77. The molecule has 0 saturated carbocycles. The van der Waals surface area contributed by atoms with Gasteiger partial charge in [-0.15, -0.1) is 0 Å². The first-order valence-corrected chi connectivity index (χ1v) is 8.35. The minimum Gasteiger partial charge on any atom is -0.324 e. The highest BCUT2D eigenvalue weighted by atomic mass is 16.2. The molecule has 0 spiro atoms. The van der Waals surface area contributed by atoms with Crippen LogP contribution in [0, 0.1) is 11.3 Å². The number of nitrogens with zero attached hydrogens (tertiary/aromatic N) is 3. The van der Waals surface area contributed by atoms with Gasteiger partial charge in [-0.1, -0.05) is 26.0 Å². The quantitative estimate of drug-likeness (QED) is 0.801. The van der Waals surface area contributed by atoms with E-state index in [-0.39, 0.29) is 17.9 Å². The molecular weight excluding hydrogens is 332 g/mol. The van der Waals surface area contributed by atoms with E-state index in [1.54, 1.807) is 24.3 Å². The van der Waals surface area contributed by atoms with E-state index in [2.05, 4.69) is 10.4 Å². The molecule has 1 aromatic heterocycles. The third kappa shape index (κ3) is 3.86. The van der Waals surface area contributed by atoms with Gasteiger partial charge in [-0.3, -0.25) is 14.4 Å². The van der Waals surface area contributed by atoms with Crippen molar-refractivity contribution in [1.82, 2.24) is 9.78 Å². The third-order valence-electron chi connectivity index (χ3n) is 4.01. The molecule has 0 unspecified atom stereocenters. The normalized spacial score (nSPS) is 10.2. The maximum absolute atomic E-state index is 12.5. The Kier molecular flexibility index (Phi) is 6.02. The Hall–Kier alpha value is -3.27. The lowest BCUT2D eigenvalue weighted by molar-refractivity contribution is -0.117. The minimum atomic E-state index is -0.587. The first-order valence-electron chi connectivity index (χ1n) is 8.35. The van der Waals surface area contributed by atoms with Gasteiger partial charge in [-0.25, -0.2) is 4.68 Å². The number of rotatable bonds is 6. The van der Waals surface area contributed by atoms with Gasteiger partial charge in [0.25, 0.3) is 5.56 Å². The average molecular weight is 352 g/mol. The number of Topliss-reactive ketones (excluding diaryl/α,β-unsaturated/α-hetero) is 1. The summed E-state index contributed by atoms with van der Waals surface area (Å²) in [5.41, 5.74) is 1.45. The molecular formula is C19H20N4O3. The average Bonchev–Trinajstić information content (AvgIpc) is 2.62. The number of benzene rings is 1. The summed E-state index contributed by atoms with van der Waals surface area (Å²) in [6.07, 6.45) is 1.07. The van der Waals surface area contributed by atoms with Gasteiger partial charge in [0.15, 0.2) is 5.78 Å². The lowest BCUT2D eigenvalue weighted by Gasteiger charge is -2.13. The van der Waals surface area contributed by atoms with Gasteiger partial charge < -0.3 is 5.32 Å². The first-order chi connectivity index (χ1) is 12.4. The molecule has 2 rings (SSSR count). The number of nitriles is 1. The highest BCUT2D eigenvalue weighted by Gasteiger charge is 2.17. The van der Waals surface area contributed by atoms with Crippen molar-refractivity contribution in [2.45, 2.75) is 40.2 Å². The smallest absolute Gasteiger partial charge is 0.285 e. The molecule has 0 aliphatic rings. The fraction of sp³-hybridized carbons (Fsp3) is 0.316. The number of amides is 1. The fourth-order valence-corrected chi connectivity index (χ4v) is 2.77. The summed E-state index contributed by atoms with van der Waals surface area (Å²) >= 11 is 0. The zero-order chi connectivity index (χ0) is 19.3. The van der Waals surface area contributed by atoms with E-state index < -0.39 is 11.5 Å². The molecule has 0 aliphatic carbocycles. The molecule has 1 amide bonds. The zero-order valence-corrected chi connectivity index (χ0v) is 15.0. The van der Waals surface area contributed by atoms with E-state index in [9.17, 15) is 19.6 Å². The standard InChI is InChI=1S/C19H20N4O3/c1-4-13-15(10-20)19(26)23(22-16(13)5-2)11-18(25)21-17-9-7-6-8-14(17)12(3)24/h6-9H,4-5,11H2,1-3H3,(H,21,25). The summed E-state index contributed by atoms with van der Waals surface area (Å²) in [4.78, 5) is 36.5. The van der Waals surface area contributed by atoms with Gasteiger partial charge in [0.05, 0.1) is 11.4 Å². The van der Waals surface area contributed by atoms with Crippen LogP contribution in [0.25, 0.3) is 0 Å². The number of carbonyl (C=O) groups excluding carboxylic acids is 2. The zero-order valence-electron chi connectivity index (χ0n) is 15.0. The summed E-state index contributed by atoms with van der Waals surface area (Å²) < 4.78 is 1.00. The molecule has 1 heterocycles. The SMILES string of the molecule is CCc1nn(CC(=O)Nc2ccccc2C(C)=O)c(=O)c(C#N)c1CC. The number of carbonyl (C=O) groups is 2. The predicted molar refractivity (Wildman–Crippen MR) is 97.0 cm³/mol. The number of hydrogen-bond donors (Lipinski definition) is 1. The molecule has 0 saturated heterocycles. The second-order valence-corrected chi connectivity index (χ2v) is 5.73. The van der Waals surface area contributed by atoms with Gasteiger partial charge in [0.1, 0.15) is 18.2 Å². The van der Waals surface area contributed by atoms with Crippen molar-refractivity contribution in [3.63, 3.8) is 0 Å². The number of nitrogens with one attached hydrogen (secondary N) is 1. The monoisotopic (exact) mass is 352 g/mol. The summed E-state index contributed by atoms with van der Waals surface area (Å²) in [6.45, 7) is 4.80. The van der Waals surface area contributed by atoms with Crippen molar-refractivity contribution in [2.75, 3.05) is 5.32 Å². The van der Waals surface area contributed by atoms with Crippen molar-refractivity contribution in [2.24, 2.45) is 0 Å². The van der Waals surface area contributed by atoms with E-state index in [4.69, 9.17) is 0 Å². The van der Waals surface area contributed by atoms with E-state index in [0.717, 1.165) is 4.68 Å².